The molecule has 6 rings (SSSR count). The molecule has 15 heteroatoms. The maximum Gasteiger partial charge on any atom is 0.311 e. The van der Waals surface area contributed by atoms with E-state index in [1.54, 1.807) is 21.1 Å². The van der Waals surface area contributed by atoms with Crippen molar-refractivity contribution in [1.82, 2.24) is 20.0 Å². The Morgan fingerprint density at radius 1 is 0.954 bits per heavy atom. The van der Waals surface area contributed by atoms with Gasteiger partial charge in [0.1, 0.15) is 23.4 Å². The molecule has 374 valence electrons. The Kier molecular flexibility index (Phi) is 18.9. The minimum atomic E-state index is -1.45. The Labute approximate surface area is 391 Å². The minimum Gasteiger partial charge on any atom is -0.459 e. The van der Waals surface area contributed by atoms with E-state index < -0.39 is 77.7 Å². The molecule has 1 aromatic rings. The number of carbonyl (C=O) groups is 1. The number of fused-ring (bicyclic) bond motifs is 10. The highest BCUT2D eigenvalue weighted by molar-refractivity contribution is 5.73. The summed E-state index contributed by atoms with van der Waals surface area (Å²) in [5.41, 5.74) is -0.953. The van der Waals surface area contributed by atoms with Crippen LogP contribution in [0.5, 0.6) is 0 Å². The molecule has 0 saturated carbocycles. The lowest BCUT2D eigenvalue weighted by atomic mass is 9.74. The normalized spacial score (nSPS) is 42.6. The molecule has 15 nitrogen and oxygen atoms in total. The first-order chi connectivity index (χ1) is 30.6. The van der Waals surface area contributed by atoms with E-state index in [0.29, 0.717) is 32.5 Å². The highest BCUT2D eigenvalue weighted by Crippen LogP contribution is 2.44. The van der Waals surface area contributed by atoms with Crippen molar-refractivity contribution in [3.63, 3.8) is 0 Å². The van der Waals surface area contributed by atoms with E-state index >= 15 is 0 Å². The molecule has 0 spiro atoms. The number of esters is 1. The van der Waals surface area contributed by atoms with Crippen LogP contribution in [-0.4, -0.2) is 188 Å². The summed E-state index contributed by atoms with van der Waals surface area (Å²) in [4.78, 5) is 20.8. The summed E-state index contributed by atoms with van der Waals surface area (Å²) in [6, 6.07) is 8.44. The van der Waals surface area contributed by atoms with Crippen molar-refractivity contribution >= 4 is 5.97 Å². The van der Waals surface area contributed by atoms with E-state index in [2.05, 4.69) is 60.2 Å². The third-order valence-corrected chi connectivity index (χ3v) is 16.1. The Morgan fingerprint density at radius 3 is 2.25 bits per heavy atom. The van der Waals surface area contributed by atoms with Gasteiger partial charge in [-0.05, 0) is 105 Å². The van der Waals surface area contributed by atoms with Crippen LogP contribution in [0, 0.1) is 17.8 Å². The smallest absolute Gasteiger partial charge is 0.311 e. The molecule has 17 atom stereocenters. The number of likely N-dealkylation sites (N-methyl/N-ethyl adjacent to an activating group) is 2. The molecule has 1 aromatic carbocycles. The Morgan fingerprint density at radius 2 is 1.63 bits per heavy atom. The molecule has 65 heavy (non-hydrogen) atoms. The van der Waals surface area contributed by atoms with Crippen molar-refractivity contribution in [3.8, 4) is 0 Å². The molecular formula is C50H88N4O11. The molecule has 5 fully saturated rings. The molecule has 0 amide bonds. The van der Waals surface area contributed by atoms with Gasteiger partial charge in [0.15, 0.2) is 12.6 Å². The molecule has 0 aromatic heterocycles. The van der Waals surface area contributed by atoms with E-state index in [-0.39, 0.29) is 49.2 Å². The summed E-state index contributed by atoms with van der Waals surface area (Å²) < 4.78 is 45.8. The van der Waals surface area contributed by atoms with Gasteiger partial charge in [-0.1, -0.05) is 52.0 Å². The lowest BCUT2D eigenvalue weighted by Gasteiger charge is -2.54. The second kappa shape index (κ2) is 22.7. The number of methoxy groups -OCH3 is 2. The average molecular weight is 921 g/mol. The monoisotopic (exact) mass is 921 g/mol. The van der Waals surface area contributed by atoms with Crippen molar-refractivity contribution < 1.29 is 53.3 Å². The van der Waals surface area contributed by atoms with E-state index in [1.807, 2.05) is 67.5 Å². The zero-order valence-electron chi connectivity index (χ0n) is 42.5. The lowest BCUT2D eigenvalue weighted by Crippen LogP contribution is -2.70. The van der Waals surface area contributed by atoms with Gasteiger partial charge in [-0.25, -0.2) is 0 Å². The standard InChI is InChI=1S/C50H88N4O11/c1-16-37-20-18-19-21-39(37)34(7)53(17-2)23-22-51-29-50(58)36(9)62-41(26-49(50,11)60-15)64-44-32(5)45(65-47-43(56)40(52(12)13)24-31(4)61-47)48(10,59-14)25-30(3)42(55)35(8)54-27-38(28-54)63-46(57)33(44)6/h18-21,30-36,38,40-45,47,51,55-56,58H,16-17,22-29H2,1-15H3/t30-,31-,32+,33-,34?,35+,36+,40+,41+,42+,43-,44+,45-,47+,48+,49-,50-/m1/s1. The maximum absolute atomic E-state index is 14.2. The summed E-state index contributed by atoms with van der Waals surface area (Å²) in [7, 11) is 7.08. The van der Waals surface area contributed by atoms with Gasteiger partial charge in [0, 0.05) is 77.4 Å². The first-order valence-electron chi connectivity index (χ1n) is 24.5. The number of ether oxygens (including phenoxy) is 7. The molecule has 0 aliphatic carbocycles. The second-order valence-corrected chi connectivity index (χ2v) is 20.6. The predicted molar refractivity (Wildman–Crippen MR) is 250 cm³/mol. The van der Waals surface area contributed by atoms with Crippen LogP contribution in [0.15, 0.2) is 24.3 Å². The number of aliphatic hydroxyl groups excluding tert-OH is 2. The number of carbonyl (C=O) groups excluding carboxylic acids is 1. The zero-order chi connectivity index (χ0) is 48.2. The van der Waals surface area contributed by atoms with Crippen LogP contribution in [-0.2, 0) is 44.4 Å². The fourth-order valence-corrected chi connectivity index (χ4v) is 11.3. The van der Waals surface area contributed by atoms with Crippen LogP contribution in [0.1, 0.15) is 113 Å². The van der Waals surface area contributed by atoms with Crippen molar-refractivity contribution in [2.45, 2.75) is 192 Å². The van der Waals surface area contributed by atoms with Crippen LogP contribution in [0.25, 0.3) is 0 Å². The summed E-state index contributed by atoms with van der Waals surface area (Å²) in [6.45, 7) is 25.6. The van der Waals surface area contributed by atoms with Gasteiger partial charge in [0.25, 0.3) is 0 Å². The van der Waals surface area contributed by atoms with Crippen LogP contribution in [0.2, 0.25) is 0 Å². The third kappa shape index (κ3) is 11.8. The molecular weight excluding hydrogens is 833 g/mol. The molecule has 5 heterocycles. The lowest BCUT2D eigenvalue weighted by molar-refractivity contribution is -0.337. The molecule has 4 N–H and O–H groups in total. The number of benzene rings is 1. The fourth-order valence-electron chi connectivity index (χ4n) is 11.3. The van der Waals surface area contributed by atoms with Crippen molar-refractivity contribution in [3.05, 3.63) is 35.4 Å². The quantitative estimate of drug-likeness (QED) is 0.136. The van der Waals surface area contributed by atoms with Gasteiger partial charge in [-0.15, -0.1) is 0 Å². The summed E-state index contributed by atoms with van der Waals surface area (Å²) in [6.07, 6.45) is -4.49. The number of nitrogens with one attached hydrogen (secondary N) is 1. The molecule has 5 saturated heterocycles. The van der Waals surface area contributed by atoms with Crippen LogP contribution >= 0.6 is 0 Å². The first kappa shape index (κ1) is 54.1. The van der Waals surface area contributed by atoms with Crippen molar-refractivity contribution in [2.75, 3.05) is 67.6 Å². The number of aliphatic hydroxyl groups is 3. The van der Waals surface area contributed by atoms with Gasteiger partial charge in [-0.3, -0.25) is 14.6 Å². The molecule has 1 unspecified atom stereocenters. The Bertz CT molecular complexity index is 1660. The van der Waals surface area contributed by atoms with Crippen molar-refractivity contribution in [1.29, 1.82) is 0 Å². The number of aryl methyl sites for hydroxylation is 1. The second-order valence-electron chi connectivity index (χ2n) is 20.6. The summed E-state index contributed by atoms with van der Waals surface area (Å²) in [5.74, 6) is -2.06. The Hall–Kier alpha value is -1.83. The fraction of sp³-hybridized carbons (Fsp3) is 0.860. The van der Waals surface area contributed by atoms with E-state index in [4.69, 9.17) is 33.2 Å². The average Bonchev–Trinajstić information content (AvgIpc) is 3.26. The number of rotatable bonds is 16. The summed E-state index contributed by atoms with van der Waals surface area (Å²) >= 11 is 0. The topological polar surface area (TPSA) is 164 Å². The number of nitrogens with zero attached hydrogens (tertiary/aromatic N) is 3. The Balaban J connectivity index is 1.42. The maximum atomic E-state index is 14.2. The molecule has 0 radical (unpaired) electrons. The number of hydrogen-bond acceptors (Lipinski definition) is 15. The molecule has 5 aliphatic heterocycles. The van der Waals surface area contributed by atoms with Crippen LogP contribution in [0.3, 0.4) is 0 Å². The molecule has 5 aliphatic rings. The van der Waals surface area contributed by atoms with Crippen LogP contribution < -0.4 is 5.32 Å². The minimum absolute atomic E-state index is 0.154. The van der Waals surface area contributed by atoms with Crippen molar-refractivity contribution in [2.24, 2.45) is 17.8 Å². The van der Waals surface area contributed by atoms with Gasteiger partial charge in [0.2, 0.25) is 0 Å². The van der Waals surface area contributed by atoms with Gasteiger partial charge in [-0.2, -0.15) is 0 Å². The summed E-state index contributed by atoms with van der Waals surface area (Å²) in [5, 5.41) is 39.5. The largest absolute Gasteiger partial charge is 0.459 e. The van der Waals surface area contributed by atoms with Gasteiger partial charge >= 0.3 is 5.97 Å². The first-order valence-corrected chi connectivity index (χ1v) is 24.5. The third-order valence-electron chi connectivity index (χ3n) is 16.1. The van der Waals surface area contributed by atoms with E-state index in [0.717, 1.165) is 19.5 Å². The SMILES string of the molecule is CCc1ccccc1C(C)N(CC)CCNC[C@@]1(O)[C@H](C)O[C@@H](O[C@H]2[C@H](C)[C@@H](O[C@@H]3O[C@H](C)C[C@H](N(C)C)[C@H]3O)[C@@](C)(OC)C[C@@H](C)[C@H](O)[C@H](C)N3CC(C3)OC(=O)[C@@H]2C)C[C@@]1(C)OC. The highest BCUT2D eigenvalue weighted by Gasteiger charge is 2.58. The van der Waals surface area contributed by atoms with E-state index in [9.17, 15) is 20.1 Å². The number of hydrogen-bond donors (Lipinski definition) is 4. The van der Waals surface area contributed by atoms with E-state index in [1.165, 1.54) is 11.1 Å². The van der Waals surface area contributed by atoms with Crippen LogP contribution in [0.4, 0.5) is 0 Å². The van der Waals surface area contributed by atoms with Gasteiger partial charge in [0.05, 0.1) is 42.0 Å². The van der Waals surface area contributed by atoms with Gasteiger partial charge < -0.3 is 58.7 Å². The zero-order valence-corrected chi connectivity index (χ0v) is 42.5. The highest BCUT2D eigenvalue weighted by atomic mass is 16.7. The predicted octanol–water partition coefficient (Wildman–Crippen LogP) is 4.38. The molecule has 2 bridgehead atoms.